The Morgan fingerprint density at radius 2 is 2.21 bits per heavy atom. The van der Waals surface area contributed by atoms with Crippen LogP contribution in [0.2, 0.25) is 0 Å². The van der Waals surface area contributed by atoms with Crippen molar-refractivity contribution in [3.63, 3.8) is 0 Å². The molecule has 5 heteroatoms. The molecule has 0 atom stereocenters. The van der Waals surface area contributed by atoms with E-state index < -0.39 is 0 Å². The van der Waals surface area contributed by atoms with Gasteiger partial charge in [0, 0.05) is 17.2 Å². The van der Waals surface area contributed by atoms with Crippen molar-refractivity contribution < 1.29 is 4.79 Å². The van der Waals surface area contributed by atoms with Crippen molar-refractivity contribution in [2.75, 3.05) is 5.73 Å². The van der Waals surface area contributed by atoms with E-state index in [1.54, 1.807) is 12.3 Å². The van der Waals surface area contributed by atoms with Gasteiger partial charge >= 0.3 is 0 Å². The van der Waals surface area contributed by atoms with E-state index in [0.29, 0.717) is 12.1 Å². The predicted octanol–water partition coefficient (Wildman–Crippen LogP) is 2.66. The van der Waals surface area contributed by atoms with Crippen LogP contribution in [-0.2, 0) is 6.54 Å². The molecule has 0 saturated carbocycles. The number of hydrogen-bond donors (Lipinski definition) is 2. The third-order valence-electron chi connectivity index (χ3n) is 2.67. The summed E-state index contributed by atoms with van der Waals surface area (Å²) in [4.78, 5) is 16.0. The Bertz CT molecular complexity index is 613. The van der Waals surface area contributed by atoms with Crippen molar-refractivity contribution in [1.82, 2.24) is 10.3 Å². The number of pyridine rings is 1. The van der Waals surface area contributed by atoms with E-state index in [-0.39, 0.29) is 11.7 Å². The molecule has 4 nitrogen and oxygen atoms in total. The molecule has 3 N–H and O–H groups in total. The van der Waals surface area contributed by atoms with Crippen LogP contribution in [0.3, 0.4) is 0 Å². The van der Waals surface area contributed by atoms with E-state index in [2.05, 4.69) is 26.2 Å². The highest BCUT2D eigenvalue weighted by molar-refractivity contribution is 9.10. The number of nitrogen functional groups attached to an aromatic ring is 1. The van der Waals surface area contributed by atoms with Crippen LogP contribution in [0, 0.1) is 6.92 Å². The molecule has 0 bridgehead atoms. The van der Waals surface area contributed by atoms with Gasteiger partial charge in [0.1, 0.15) is 5.82 Å². The van der Waals surface area contributed by atoms with E-state index in [4.69, 9.17) is 5.73 Å². The van der Waals surface area contributed by atoms with E-state index in [1.807, 2.05) is 31.2 Å². The van der Waals surface area contributed by atoms with Gasteiger partial charge in [-0.2, -0.15) is 0 Å². The molecule has 0 aliphatic rings. The van der Waals surface area contributed by atoms with Crippen LogP contribution in [0.1, 0.15) is 21.5 Å². The number of anilines is 1. The minimum absolute atomic E-state index is 0.227. The Hall–Kier alpha value is -1.88. The average molecular weight is 320 g/mol. The number of nitrogens with two attached hydrogens (primary N) is 1. The van der Waals surface area contributed by atoms with Crippen molar-refractivity contribution in [3.8, 4) is 0 Å². The highest BCUT2D eigenvalue weighted by Gasteiger charge is 2.10. The molecular formula is C14H14BrN3O. The zero-order valence-corrected chi connectivity index (χ0v) is 12.1. The van der Waals surface area contributed by atoms with Gasteiger partial charge in [0.25, 0.3) is 5.91 Å². The van der Waals surface area contributed by atoms with Gasteiger partial charge < -0.3 is 11.1 Å². The average Bonchev–Trinajstić information content (AvgIpc) is 2.39. The zero-order valence-electron chi connectivity index (χ0n) is 10.5. The molecule has 0 fully saturated rings. The highest BCUT2D eigenvalue weighted by atomic mass is 79.9. The fraction of sp³-hybridized carbons (Fsp3) is 0.143. The molecular weight excluding hydrogens is 306 g/mol. The number of carbonyl (C=O) groups is 1. The number of aryl methyl sites for hydroxylation is 1. The first kappa shape index (κ1) is 13.5. The molecule has 1 aromatic carbocycles. The first-order valence-electron chi connectivity index (χ1n) is 5.81. The lowest BCUT2D eigenvalue weighted by molar-refractivity contribution is 0.0951. The molecule has 1 aromatic heterocycles. The molecule has 19 heavy (non-hydrogen) atoms. The Morgan fingerprint density at radius 3 is 2.95 bits per heavy atom. The van der Waals surface area contributed by atoms with Crippen molar-refractivity contribution in [2.45, 2.75) is 13.5 Å². The molecule has 1 amide bonds. The Balaban J connectivity index is 2.07. The molecule has 0 aliphatic carbocycles. The molecule has 0 radical (unpaired) electrons. The molecule has 2 rings (SSSR count). The number of carbonyl (C=O) groups excluding carboxylic acids is 1. The van der Waals surface area contributed by atoms with Crippen LogP contribution in [0.25, 0.3) is 0 Å². The number of nitrogens with zero attached hydrogens (tertiary/aromatic N) is 1. The van der Waals surface area contributed by atoms with Crippen molar-refractivity contribution in [3.05, 3.63) is 57.7 Å². The summed E-state index contributed by atoms with van der Waals surface area (Å²) in [6, 6.07) is 9.64. The monoisotopic (exact) mass is 319 g/mol. The van der Waals surface area contributed by atoms with Crippen LogP contribution >= 0.6 is 15.9 Å². The quantitative estimate of drug-likeness (QED) is 0.913. The third-order valence-corrected chi connectivity index (χ3v) is 3.10. The number of benzene rings is 1. The summed E-state index contributed by atoms with van der Waals surface area (Å²) >= 11 is 3.27. The zero-order chi connectivity index (χ0) is 13.8. The summed E-state index contributed by atoms with van der Waals surface area (Å²) in [5.74, 6) is -0.00208. The van der Waals surface area contributed by atoms with Gasteiger partial charge in [-0.3, -0.25) is 4.79 Å². The molecule has 1 heterocycles. The van der Waals surface area contributed by atoms with Crippen LogP contribution in [0.4, 0.5) is 5.82 Å². The van der Waals surface area contributed by atoms with Crippen LogP contribution in [0.15, 0.2) is 41.0 Å². The number of hydrogen-bond acceptors (Lipinski definition) is 3. The Kier molecular flexibility index (Phi) is 4.16. The molecule has 0 aliphatic heterocycles. The van der Waals surface area contributed by atoms with Gasteiger partial charge in [-0.25, -0.2) is 4.98 Å². The second kappa shape index (κ2) is 5.84. The predicted molar refractivity (Wildman–Crippen MR) is 78.7 cm³/mol. The maximum absolute atomic E-state index is 12.0. The van der Waals surface area contributed by atoms with Gasteiger partial charge in [0.15, 0.2) is 0 Å². The lowest BCUT2D eigenvalue weighted by atomic mass is 10.1. The number of amides is 1. The summed E-state index contributed by atoms with van der Waals surface area (Å²) in [7, 11) is 0. The lowest BCUT2D eigenvalue weighted by Crippen LogP contribution is -2.24. The minimum Gasteiger partial charge on any atom is -0.383 e. The van der Waals surface area contributed by atoms with Gasteiger partial charge in [-0.05, 0) is 34.5 Å². The first-order chi connectivity index (χ1) is 9.06. The molecule has 0 unspecified atom stereocenters. The number of aromatic nitrogens is 1. The summed E-state index contributed by atoms with van der Waals surface area (Å²) in [5.41, 5.74) is 8.28. The van der Waals surface area contributed by atoms with Gasteiger partial charge in [0.2, 0.25) is 0 Å². The van der Waals surface area contributed by atoms with E-state index in [1.165, 1.54) is 0 Å². The van der Waals surface area contributed by atoms with E-state index >= 15 is 0 Å². The third kappa shape index (κ3) is 3.54. The summed E-state index contributed by atoms with van der Waals surface area (Å²) < 4.78 is 0.724. The van der Waals surface area contributed by atoms with Crippen LogP contribution < -0.4 is 11.1 Å². The van der Waals surface area contributed by atoms with Crippen LogP contribution in [0.5, 0.6) is 0 Å². The normalized spacial score (nSPS) is 10.2. The molecule has 0 spiro atoms. The topological polar surface area (TPSA) is 68.0 Å². The first-order valence-corrected chi connectivity index (χ1v) is 6.60. The number of rotatable bonds is 3. The standard InChI is InChI=1S/C14H14BrN3O/c1-9-3-2-4-10(5-9)7-18-14(19)12-6-11(15)8-17-13(12)16/h2-6,8H,7H2,1H3,(H2,16,17)(H,18,19). The maximum Gasteiger partial charge on any atom is 0.255 e. The number of halogens is 1. The van der Waals surface area contributed by atoms with Crippen molar-refractivity contribution in [1.29, 1.82) is 0 Å². The Morgan fingerprint density at radius 1 is 1.42 bits per heavy atom. The second-order valence-corrected chi connectivity index (χ2v) is 5.17. The van der Waals surface area contributed by atoms with Gasteiger partial charge in [-0.15, -0.1) is 0 Å². The van der Waals surface area contributed by atoms with Gasteiger partial charge in [-0.1, -0.05) is 29.8 Å². The lowest BCUT2D eigenvalue weighted by Gasteiger charge is -2.08. The number of nitrogens with one attached hydrogen (secondary N) is 1. The fourth-order valence-electron chi connectivity index (χ4n) is 1.73. The van der Waals surface area contributed by atoms with Crippen molar-refractivity contribution >= 4 is 27.7 Å². The maximum atomic E-state index is 12.0. The van der Waals surface area contributed by atoms with E-state index in [9.17, 15) is 4.79 Å². The van der Waals surface area contributed by atoms with Gasteiger partial charge in [0.05, 0.1) is 5.56 Å². The largest absolute Gasteiger partial charge is 0.383 e. The minimum atomic E-state index is -0.229. The van der Waals surface area contributed by atoms with Crippen molar-refractivity contribution in [2.24, 2.45) is 0 Å². The SMILES string of the molecule is Cc1cccc(CNC(=O)c2cc(Br)cnc2N)c1. The van der Waals surface area contributed by atoms with Crippen LogP contribution in [-0.4, -0.2) is 10.9 Å². The molecule has 98 valence electrons. The molecule has 0 saturated heterocycles. The summed E-state index contributed by atoms with van der Waals surface area (Å²) in [6.45, 7) is 2.48. The highest BCUT2D eigenvalue weighted by Crippen LogP contribution is 2.15. The molecule has 2 aromatic rings. The Labute approximate surface area is 120 Å². The summed E-state index contributed by atoms with van der Waals surface area (Å²) in [5, 5.41) is 2.83. The second-order valence-electron chi connectivity index (χ2n) is 4.26. The fourth-order valence-corrected chi connectivity index (χ4v) is 2.06. The summed E-state index contributed by atoms with van der Waals surface area (Å²) in [6.07, 6.45) is 1.56. The van der Waals surface area contributed by atoms with E-state index in [0.717, 1.165) is 15.6 Å². The smallest absolute Gasteiger partial charge is 0.255 e.